The second kappa shape index (κ2) is 7.79. The molecule has 7 heteroatoms. The number of aryl methyl sites for hydroxylation is 1. The molecule has 128 valence electrons. The quantitative estimate of drug-likeness (QED) is 0.843. The van der Waals surface area contributed by atoms with Gasteiger partial charge in [0.25, 0.3) is 0 Å². The number of nitrogens with one attached hydrogen (secondary N) is 1. The molecule has 1 N–H and O–H groups in total. The molecule has 1 amide bonds. The summed E-state index contributed by atoms with van der Waals surface area (Å²) >= 11 is 0. The Morgan fingerprint density at radius 2 is 1.96 bits per heavy atom. The Morgan fingerprint density at radius 1 is 1.30 bits per heavy atom. The van der Waals surface area contributed by atoms with Crippen LogP contribution in [0.2, 0.25) is 0 Å². The van der Waals surface area contributed by atoms with Crippen LogP contribution in [0.25, 0.3) is 0 Å². The number of ether oxygens (including phenoxy) is 1. The average molecular weight is 340 g/mol. The number of hydrogen-bond acceptors (Lipinski definition) is 4. The Hall–Kier alpha value is -1.60. The minimum absolute atomic E-state index is 0.00582. The fourth-order valence-corrected chi connectivity index (χ4v) is 3.66. The van der Waals surface area contributed by atoms with Gasteiger partial charge in [0.05, 0.1) is 13.4 Å². The van der Waals surface area contributed by atoms with Crippen molar-refractivity contribution in [3.8, 4) is 5.75 Å². The van der Waals surface area contributed by atoms with Gasteiger partial charge in [-0.1, -0.05) is 18.2 Å². The molecule has 1 aromatic rings. The molecule has 2 rings (SSSR count). The summed E-state index contributed by atoms with van der Waals surface area (Å²) in [5.74, 6) is 0.787. The van der Waals surface area contributed by atoms with Crippen LogP contribution in [0, 0.1) is 0 Å². The molecule has 0 aliphatic carbocycles. The van der Waals surface area contributed by atoms with Gasteiger partial charge in [0, 0.05) is 25.6 Å². The standard InChI is InChI=1S/C16H24N2O4S/c1-22-15-6-4-3-5-13(15)7-8-16(19)17-14-9-11-18(12-10-14)23(2,20)21/h3-6,14H,7-12H2,1-2H3,(H,17,19). The van der Waals surface area contributed by atoms with E-state index >= 15 is 0 Å². The van der Waals surface area contributed by atoms with E-state index in [4.69, 9.17) is 4.74 Å². The van der Waals surface area contributed by atoms with Crippen molar-refractivity contribution >= 4 is 15.9 Å². The number of piperidine rings is 1. The lowest BCUT2D eigenvalue weighted by atomic mass is 10.1. The van der Waals surface area contributed by atoms with Crippen LogP contribution in [0.5, 0.6) is 5.75 Å². The monoisotopic (exact) mass is 340 g/mol. The minimum Gasteiger partial charge on any atom is -0.496 e. The first-order valence-electron chi connectivity index (χ1n) is 7.76. The van der Waals surface area contributed by atoms with E-state index in [9.17, 15) is 13.2 Å². The Labute approximate surface area is 137 Å². The van der Waals surface area contributed by atoms with Crippen LogP contribution in [0.3, 0.4) is 0 Å². The SMILES string of the molecule is COc1ccccc1CCC(=O)NC1CCN(S(C)(=O)=O)CC1. The second-order valence-electron chi connectivity index (χ2n) is 5.82. The summed E-state index contributed by atoms with van der Waals surface area (Å²) < 4.78 is 29.7. The molecule has 1 aliphatic rings. The molecule has 0 bridgehead atoms. The molecule has 1 aliphatic heterocycles. The number of hydrogen-bond donors (Lipinski definition) is 1. The smallest absolute Gasteiger partial charge is 0.220 e. The van der Waals surface area contributed by atoms with E-state index < -0.39 is 10.0 Å². The zero-order chi connectivity index (χ0) is 16.9. The summed E-state index contributed by atoms with van der Waals surface area (Å²) in [6, 6.07) is 7.72. The molecule has 0 unspecified atom stereocenters. The van der Waals surface area contributed by atoms with E-state index in [1.807, 2.05) is 24.3 Å². The Balaban J connectivity index is 1.78. The highest BCUT2D eigenvalue weighted by atomic mass is 32.2. The van der Waals surface area contributed by atoms with Crippen LogP contribution in [-0.4, -0.2) is 51.1 Å². The molecule has 1 aromatic carbocycles. The van der Waals surface area contributed by atoms with Crippen LogP contribution in [0.4, 0.5) is 0 Å². The molecule has 0 radical (unpaired) electrons. The van der Waals surface area contributed by atoms with Gasteiger partial charge in [0.1, 0.15) is 5.75 Å². The van der Waals surface area contributed by atoms with Gasteiger partial charge >= 0.3 is 0 Å². The molecule has 23 heavy (non-hydrogen) atoms. The third-order valence-corrected chi connectivity index (χ3v) is 5.41. The first kappa shape index (κ1) is 17.7. The predicted octanol–water partition coefficient (Wildman–Crippen LogP) is 1.17. The number of carbonyl (C=O) groups is 1. The van der Waals surface area contributed by atoms with Gasteiger partial charge in [0.2, 0.25) is 15.9 Å². The normalized spacial score (nSPS) is 17.0. The fourth-order valence-electron chi connectivity index (χ4n) is 2.79. The maximum atomic E-state index is 12.1. The Morgan fingerprint density at radius 3 is 2.57 bits per heavy atom. The lowest BCUT2D eigenvalue weighted by Crippen LogP contribution is -2.46. The second-order valence-corrected chi connectivity index (χ2v) is 7.80. The topological polar surface area (TPSA) is 75.7 Å². The molecule has 0 aromatic heterocycles. The van der Waals surface area contributed by atoms with E-state index in [1.165, 1.54) is 10.6 Å². The van der Waals surface area contributed by atoms with E-state index in [0.29, 0.717) is 38.8 Å². The van der Waals surface area contributed by atoms with Crippen molar-refractivity contribution in [1.29, 1.82) is 0 Å². The van der Waals surface area contributed by atoms with Gasteiger partial charge in [0.15, 0.2) is 0 Å². The van der Waals surface area contributed by atoms with Crippen molar-refractivity contribution in [2.75, 3.05) is 26.5 Å². The van der Waals surface area contributed by atoms with Crippen LogP contribution >= 0.6 is 0 Å². The van der Waals surface area contributed by atoms with Crippen LogP contribution in [-0.2, 0) is 21.2 Å². The number of methoxy groups -OCH3 is 1. The first-order valence-corrected chi connectivity index (χ1v) is 9.61. The summed E-state index contributed by atoms with van der Waals surface area (Å²) in [6.45, 7) is 0.937. The van der Waals surface area contributed by atoms with E-state index in [0.717, 1.165) is 11.3 Å². The lowest BCUT2D eigenvalue weighted by Gasteiger charge is -2.30. The van der Waals surface area contributed by atoms with Gasteiger partial charge in [-0.25, -0.2) is 12.7 Å². The third-order valence-electron chi connectivity index (χ3n) is 4.10. The molecule has 1 saturated heterocycles. The van der Waals surface area contributed by atoms with Gasteiger partial charge in [-0.2, -0.15) is 0 Å². The summed E-state index contributed by atoms with van der Waals surface area (Å²) in [7, 11) is -1.51. The van der Waals surface area contributed by atoms with Gasteiger partial charge in [-0.3, -0.25) is 4.79 Å². The molecule has 0 saturated carbocycles. The summed E-state index contributed by atoms with van der Waals surface area (Å²) in [4.78, 5) is 12.1. The molecule has 0 spiro atoms. The highest BCUT2D eigenvalue weighted by Crippen LogP contribution is 2.19. The van der Waals surface area contributed by atoms with Gasteiger partial charge in [-0.05, 0) is 30.9 Å². The summed E-state index contributed by atoms with van der Waals surface area (Å²) in [6.07, 6.45) is 3.56. The predicted molar refractivity (Wildman–Crippen MR) is 88.9 cm³/mol. The third kappa shape index (κ3) is 5.21. The molecule has 6 nitrogen and oxygen atoms in total. The molecule has 1 fully saturated rings. The average Bonchev–Trinajstić information content (AvgIpc) is 2.53. The fraction of sp³-hybridized carbons (Fsp3) is 0.562. The van der Waals surface area contributed by atoms with Crippen LogP contribution in [0.1, 0.15) is 24.8 Å². The number of sulfonamides is 1. The van der Waals surface area contributed by atoms with Crippen LogP contribution < -0.4 is 10.1 Å². The largest absolute Gasteiger partial charge is 0.496 e. The number of amides is 1. The number of para-hydroxylation sites is 1. The van der Waals surface area contributed by atoms with E-state index in [2.05, 4.69) is 5.32 Å². The molecular formula is C16H24N2O4S. The zero-order valence-corrected chi connectivity index (χ0v) is 14.4. The van der Waals surface area contributed by atoms with Crippen molar-refractivity contribution < 1.29 is 17.9 Å². The lowest BCUT2D eigenvalue weighted by molar-refractivity contribution is -0.122. The van der Waals surface area contributed by atoms with Crippen molar-refractivity contribution in [3.63, 3.8) is 0 Å². The minimum atomic E-state index is -3.12. The molecule has 1 heterocycles. The maximum absolute atomic E-state index is 12.1. The maximum Gasteiger partial charge on any atom is 0.220 e. The van der Waals surface area contributed by atoms with E-state index in [-0.39, 0.29) is 11.9 Å². The summed E-state index contributed by atoms with van der Waals surface area (Å²) in [5.41, 5.74) is 1.01. The molecule has 0 atom stereocenters. The summed E-state index contributed by atoms with van der Waals surface area (Å²) in [5, 5.41) is 3.00. The molecular weight excluding hydrogens is 316 g/mol. The number of rotatable bonds is 6. The zero-order valence-electron chi connectivity index (χ0n) is 13.6. The van der Waals surface area contributed by atoms with E-state index in [1.54, 1.807) is 7.11 Å². The Kier molecular flexibility index (Phi) is 6.01. The highest BCUT2D eigenvalue weighted by molar-refractivity contribution is 7.88. The van der Waals surface area contributed by atoms with Crippen molar-refractivity contribution in [1.82, 2.24) is 9.62 Å². The highest BCUT2D eigenvalue weighted by Gasteiger charge is 2.25. The number of carbonyl (C=O) groups excluding carboxylic acids is 1. The van der Waals surface area contributed by atoms with Crippen molar-refractivity contribution in [3.05, 3.63) is 29.8 Å². The number of benzene rings is 1. The van der Waals surface area contributed by atoms with Gasteiger partial charge in [-0.15, -0.1) is 0 Å². The van der Waals surface area contributed by atoms with Crippen LogP contribution in [0.15, 0.2) is 24.3 Å². The van der Waals surface area contributed by atoms with Gasteiger partial charge < -0.3 is 10.1 Å². The Bertz CT molecular complexity index is 637. The van der Waals surface area contributed by atoms with Crippen molar-refractivity contribution in [2.24, 2.45) is 0 Å². The number of nitrogens with zero attached hydrogens (tertiary/aromatic N) is 1. The first-order chi connectivity index (χ1) is 10.9. The van der Waals surface area contributed by atoms with Crippen molar-refractivity contribution in [2.45, 2.75) is 31.7 Å².